The average molecular weight is 411 g/mol. The summed E-state index contributed by atoms with van der Waals surface area (Å²) in [5, 5.41) is 0. The van der Waals surface area contributed by atoms with Crippen LogP contribution in [0.25, 0.3) is 0 Å². The third-order valence-electron chi connectivity index (χ3n) is 4.98. The minimum absolute atomic E-state index is 0. The van der Waals surface area contributed by atoms with Crippen molar-refractivity contribution in [2.45, 2.75) is 52.4 Å². The van der Waals surface area contributed by atoms with Gasteiger partial charge in [-0.15, -0.1) is 0 Å². The minimum Gasteiger partial charge on any atom is -1.00 e. The Morgan fingerprint density at radius 2 is 1.61 bits per heavy atom. The summed E-state index contributed by atoms with van der Waals surface area (Å²) in [4.78, 5) is 0. The maximum absolute atomic E-state index is 12.4. The van der Waals surface area contributed by atoms with E-state index in [0.29, 0.717) is 18.8 Å². The van der Waals surface area contributed by atoms with Gasteiger partial charge in [-0.2, -0.15) is 4.31 Å². The zero-order valence-corrected chi connectivity index (χ0v) is 17.4. The van der Waals surface area contributed by atoms with Gasteiger partial charge in [-0.1, -0.05) is 45.6 Å². The van der Waals surface area contributed by atoms with E-state index < -0.39 is 10.0 Å². The van der Waals surface area contributed by atoms with Crippen LogP contribution >= 0.6 is 0 Å². The fourth-order valence-corrected chi connectivity index (χ4v) is 4.79. The second kappa shape index (κ2) is 11.6. The number of rotatable bonds is 11. The lowest BCUT2D eigenvalue weighted by Gasteiger charge is -2.43. The number of halogens is 1. The quantitative estimate of drug-likeness (QED) is 0.273. The Hall–Kier alpha value is 0.0900. The van der Waals surface area contributed by atoms with E-state index in [-0.39, 0.29) is 17.0 Å². The molecule has 0 aromatic rings. The molecule has 0 spiro atoms. The van der Waals surface area contributed by atoms with E-state index in [0.717, 1.165) is 43.5 Å². The summed E-state index contributed by atoms with van der Waals surface area (Å²) >= 11 is 0. The molecule has 0 amide bonds. The molecule has 0 bridgehead atoms. The van der Waals surface area contributed by atoms with E-state index in [2.05, 4.69) is 20.4 Å². The first-order valence-corrected chi connectivity index (χ1v) is 10.5. The van der Waals surface area contributed by atoms with Gasteiger partial charge in [-0.25, -0.2) is 8.42 Å². The lowest BCUT2D eigenvalue weighted by atomic mass is 10.1. The summed E-state index contributed by atoms with van der Waals surface area (Å²) in [5.74, 6) is 0.326. The summed E-state index contributed by atoms with van der Waals surface area (Å²) in [5.41, 5.74) is 0. The molecule has 1 fully saturated rings. The van der Waals surface area contributed by atoms with Crippen LogP contribution in [-0.2, 0) is 10.0 Å². The number of hydrogen-bond acceptors (Lipinski definition) is 2. The molecule has 0 aliphatic carbocycles. The molecule has 0 radical (unpaired) electrons. The molecule has 0 aromatic heterocycles. The van der Waals surface area contributed by atoms with E-state index in [1.165, 1.54) is 25.7 Å². The predicted molar refractivity (Wildman–Crippen MR) is 94.3 cm³/mol. The molecule has 1 heterocycles. The number of hydrogen-bond donors (Lipinski definition) is 0. The van der Waals surface area contributed by atoms with Gasteiger partial charge < -0.3 is 21.5 Å². The molecule has 0 N–H and O–H groups in total. The van der Waals surface area contributed by atoms with Gasteiger partial charge in [-0.3, -0.25) is 0 Å². The summed E-state index contributed by atoms with van der Waals surface area (Å²) < 4.78 is 27.6. The summed E-state index contributed by atoms with van der Waals surface area (Å²) in [7, 11) is -3.05. The van der Waals surface area contributed by atoms with E-state index in [1.54, 1.807) is 4.31 Å². The van der Waals surface area contributed by atoms with Crippen LogP contribution in [0, 0.1) is 0 Å². The molecule has 138 valence electrons. The molecular weight excluding hydrogens is 376 g/mol. The van der Waals surface area contributed by atoms with Crippen molar-refractivity contribution in [2.24, 2.45) is 0 Å². The van der Waals surface area contributed by atoms with Crippen LogP contribution in [0.1, 0.15) is 52.4 Å². The number of nitrogens with zero attached hydrogens (tertiary/aromatic N) is 2. The first kappa shape index (κ1) is 23.1. The lowest BCUT2D eigenvalue weighted by molar-refractivity contribution is -0.924. The lowest BCUT2D eigenvalue weighted by Crippen LogP contribution is -3.00. The van der Waals surface area contributed by atoms with Crippen LogP contribution in [-0.4, -0.2) is 62.2 Å². The zero-order chi connectivity index (χ0) is 16.5. The standard InChI is InChI=1S/C17H35N2O2S.BrH/c1-4-7-8-9-10-11-17-22(20,21)18-12-15-19(6-3,14-5-2)16-13-18;/h5H,2,4,6-17H2,1,3H3;1H/q+1;/p-1. The van der Waals surface area contributed by atoms with Gasteiger partial charge >= 0.3 is 0 Å². The van der Waals surface area contributed by atoms with Crippen LogP contribution in [0.15, 0.2) is 12.7 Å². The Labute approximate surface area is 154 Å². The van der Waals surface area contributed by atoms with Crippen molar-refractivity contribution in [3.8, 4) is 0 Å². The molecule has 1 rings (SSSR count). The van der Waals surface area contributed by atoms with Gasteiger partial charge in [0.1, 0.15) is 0 Å². The molecule has 1 aliphatic rings. The molecule has 1 aliphatic heterocycles. The van der Waals surface area contributed by atoms with Crippen LogP contribution in [0.2, 0.25) is 0 Å². The SMILES string of the molecule is C=CC[N+]1(CC)CCN(S(=O)(=O)CCCCCCCC)CC1.[Br-]. The van der Waals surface area contributed by atoms with Gasteiger partial charge in [0.15, 0.2) is 0 Å². The van der Waals surface area contributed by atoms with Crippen LogP contribution in [0.4, 0.5) is 0 Å². The highest BCUT2D eigenvalue weighted by molar-refractivity contribution is 7.89. The van der Waals surface area contributed by atoms with E-state index >= 15 is 0 Å². The summed E-state index contributed by atoms with van der Waals surface area (Å²) in [6, 6.07) is 0. The fourth-order valence-electron chi connectivity index (χ4n) is 3.24. The molecule has 23 heavy (non-hydrogen) atoms. The molecule has 0 aromatic carbocycles. The van der Waals surface area contributed by atoms with E-state index in [4.69, 9.17) is 0 Å². The maximum Gasteiger partial charge on any atom is 0.214 e. The molecule has 6 heteroatoms. The molecular formula is C17H35BrN2O2S. The summed E-state index contributed by atoms with van der Waals surface area (Å²) in [6.45, 7) is 13.4. The Kier molecular flexibility index (Phi) is 11.7. The van der Waals surface area contributed by atoms with E-state index in [1.807, 2.05) is 6.08 Å². The van der Waals surface area contributed by atoms with Gasteiger partial charge in [0.25, 0.3) is 0 Å². The Balaban J connectivity index is 0.00000484. The van der Waals surface area contributed by atoms with Gasteiger partial charge in [0.2, 0.25) is 10.0 Å². The van der Waals surface area contributed by atoms with Crippen molar-refractivity contribution in [3.63, 3.8) is 0 Å². The smallest absolute Gasteiger partial charge is 0.214 e. The van der Waals surface area contributed by atoms with Crippen LogP contribution in [0.5, 0.6) is 0 Å². The van der Waals surface area contributed by atoms with Gasteiger partial charge in [0.05, 0.1) is 45.0 Å². The van der Waals surface area contributed by atoms with Crippen molar-refractivity contribution in [2.75, 3.05) is 45.0 Å². The van der Waals surface area contributed by atoms with Gasteiger partial charge in [0, 0.05) is 0 Å². The average Bonchev–Trinajstić information content (AvgIpc) is 2.51. The maximum atomic E-state index is 12.4. The van der Waals surface area contributed by atoms with Crippen molar-refractivity contribution < 1.29 is 29.9 Å². The van der Waals surface area contributed by atoms with E-state index in [9.17, 15) is 8.42 Å². The van der Waals surface area contributed by atoms with Crippen molar-refractivity contribution in [1.82, 2.24) is 4.31 Å². The van der Waals surface area contributed by atoms with Crippen molar-refractivity contribution in [1.29, 1.82) is 0 Å². The second-order valence-corrected chi connectivity index (χ2v) is 8.65. The topological polar surface area (TPSA) is 37.4 Å². The zero-order valence-electron chi connectivity index (χ0n) is 15.0. The first-order chi connectivity index (χ1) is 10.5. The predicted octanol–water partition coefficient (Wildman–Crippen LogP) is 0.0190. The van der Waals surface area contributed by atoms with Crippen molar-refractivity contribution >= 4 is 10.0 Å². The third-order valence-corrected chi connectivity index (χ3v) is 6.94. The monoisotopic (exact) mass is 410 g/mol. The van der Waals surface area contributed by atoms with Crippen molar-refractivity contribution in [3.05, 3.63) is 12.7 Å². The minimum atomic E-state index is -3.05. The van der Waals surface area contributed by atoms with Gasteiger partial charge in [-0.05, 0) is 19.4 Å². The number of unbranched alkanes of at least 4 members (excludes halogenated alkanes) is 5. The highest BCUT2D eigenvalue weighted by Crippen LogP contribution is 2.17. The van der Waals surface area contributed by atoms with Crippen LogP contribution < -0.4 is 17.0 Å². The molecule has 0 unspecified atom stereocenters. The summed E-state index contributed by atoms with van der Waals surface area (Å²) in [6.07, 6.45) is 8.70. The molecule has 4 nitrogen and oxygen atoms in total. The Bertz CT molecular complexity index is 418. The number of quaternary nitrogens is 1. The molecule has 1 saturated heterocycles. The second-order valence-electron chi connectivity index (χ2n) is 6.56. The molecule has 0 saturated carbocycles. The first-order valence-electron chi connectivity index (χ1n) is 8.93. The highest BCUT2D eigenvalue weighted by atomic mass is 79.9. The number of piperazine rings is 1. The number of likely N-dealkylation sites (N-methyl/N-ethyl adjacent to an activating group) is 1. The Morgan fingerprint density at radius 1 is 1.04 bits per heavy atom. The molecule has 0 atom stereocenters. The van der Waals surface area contributed by atoms with Crippen LogP contribution in [0.3, 0.4) is 0 Å². The normalized spacial score (nSPS) is 18.3. The largest absolute Gasteiger partial charge is 1.00 e. The fraction of sp³-hybridized carbons (Fsp3) is 0.882. The number of sulfonamides is 1. The third kappa shape index (κ3) is 7.67. The highest BCUT2D eigenvalue weighted by Gasteiger charge is 2.34. The Morgan fingerprint density at radius 3 is 2.13 bits per heavy atom.